The van der Waals surface area contributed by atoms with Crippen molar-refractivity contribution in [1.82, 2.24) is 0 Å². The third-order valence-electron chi connectivity index (χ3n) is 5.41. The van der Waals surface area contributed by atoms with Crippen LogP contribution in [0, 0.1) is 0 Å². The van der Waals surface area contributed by atoms with Gasteiger partial charge in [-0.15, -0.1) is 0 Å². The zero-order valence-corrected chi connectivity index (χ0v) is 18.2. The van der Waals surface area contributed by atoms with E-state index in [-0.39, 0.29) is 0 Å². The summed E-state index contributed by atoms with van der Waals surface area (Å²) >= 11 is 0. The second-order valence-electron chi connectivity index (χ2n) is 7.43. The minimum atomic E-state index is -3.65. The van der Waals surface area contributed by atoms with Crippen molar-refractivity contribution < 1.29 is 8.42 Å². The van der Waals surface area contributed by atoms with Crippen LogP contribution in [0.5, 0.6) is 0 Å². The van der Waals surface area contributed by atoms with Crippen LogP contribution in [0.25, 0.3) is 22.8 Å². The molecule has 3 heteroatoms. The molecule has 0 heterocycles. The highest BCUT2D eigenvalue weighted by molar-refractivity contribution is 7.92. The molecule has 154 valence electrons. The van der Waals surface area contributed by atoms with E-state index in [4.69, 9.17) is 0 Å². The van der Waals surface area contributed by atoms with Crippen molar-refractivity contribution >= 4 is 21.5 Å². The van der Waals surface area contributed by atoms with Crippen LogP contribution in [0.1, 0.15) is 18.1 Å². The van der Waals surface area contributed by atoms with Crippen LogP contribution in [0.15, 0.2) is 120 Å². The molecule has 0 aromatic heterocycles. The summed E-state index contributed by atoms with van der Waals surface area (Å²) in [4.78, 5) is 0.351. The van der Waals surface area contributed by atoms with Crippen LogP contribution in [0.4, 0.5) is 0 Å². The SMILES string of the molecule is CC(C(=Cc1ccccc1)c1ccccc1)S(=O)(=O)c1ccccc1-c1ccccc1. The van der Waals surface area contributed by atoms with Crippen LogP contribution in [0.2, 0.25) is 0 Å². The number of hydrogen-bond donors (Lipinski definition) is 0. The lowest BCUT2D eigenvalue weighted by molar-refractivity contribution is 0.592. The second-order valence-corrected chi connectivity index (χ2v) is 9.66. The molecule has 4 rings (SSSR count). The maximum absolute atomic E-state index is 13.9. The molecule has 0 saturated heterocycles. The molecule has 31 heavy (non-hydrogen) atoms. The molecule has 0 aliphatic heterocycles. The fraction of sp³-hybridized carbons (Fsp3) is 0.0714. The number of hydrogen-bond acceptors (Lipinski definition) is 2. The summed E-state index contributed by atoms with van der Waals surface area (Å²) in [5.74, 6) is 0. The predicted molar refractivity (Wildman–Crippen MR) is 129 cm³/mol. The number of rotatable bonds is 6. The fourth-order valence-electron chi connectivity index (χ4n) is 3.72. The highest BCUT2D eigenvalue weighted by atomic mass is 32.2. The highest BCUT2D eigenvalue weighted by Crippen LogP contribution is 2.34. The summed E-state index contributed by atoms with van der Waals surface area (Å²) < 4.78 is 27.8. The van der Waals surface area contributed by atoms with Crippen LogP contribution in [-0.4, -0.2) is 13.7 Å². The largest absolute Gasteiger partial charge is 0.223 e. The van der Waals surface area contributed by atoms with E-state index in [9.17, 15) is 8.42 Å². The molecule has 0 fully saturated rings. The van der Waals surface area contributed by atoms with E-state index in [0.29, 0.717) is 4.90 Å². The van der Waals surface area contributed by atoms with Crippen molar-refractivity contribution in [2.75, 3.05) is 0 Å². The smallest absolute Gasteiger partial charge is 0.185 e. The average Bonchev–Trinajstić information content (AvgIpc) is 2.84. The van der Waals surface area contributed by atoms with E-state index in [1.165, 1.54) is 0 Å². The Labute approximate surface area is 184 Å². The van der Waals surface area contributed by atoms with Gasteiger partial charge in [-0.3, -0.25) is 0 Å². The van der Waals surface area contributed by atoms with E-state index in [1.54, 1.807) is 19.1 Å². The molecule has 4 aromatic rings. The summed E-state index contributed by atoms with van der Waals surface area (Å²) in [5, 5.41) is -0.722. The molecular weight excluding hydrogens is 400 g/mol. The lowest BCUT2D eigenvalue weighted by Gasteiger charge is -2.20. The van der Waals surface area contributed by atoms with Gasteiger partial charge in [-0.2, -0.15) is 0 Å². The Morgan fingerprint density at radius 3 is 1.84 bits per heavy atom. The number of benzene rings is 4. The van der Waals surface area contributed by atoms with Crippen LogP contribution < -0.4 is 0 Å². The zero-order valence-electron chi connectivity index (χ0n) is 17.3. The van der Waals surface area contributed by atoms with Crippen LogP contribution >= 0.6 is 0 Å². The maximum atomic E-state index is 13.9. The standard InChI is InChI=1S/C28H24O2S/c1-22(27(25-17-9-4-10-18-25)21-23-13-5-2-6-14-23)31(29,30)28-20-12-11-19-26(28)24-15-7-3-8-16-24/h2-22H,1H3. The third-order valence-corrected chi connectivity index (χ3v) is 7.56. The van der Waals surface area contributed by atoms with Gasteiger partial charge in [-0.05, 0) is 41.3 Å². The molecule has 0 aliphatic carbocycles. The highest BCUT2D eigenvalue weighted by Gasteiger charge is 2.29. The molecule has 0 aliphatic rings. The first-order valence-electron chi connectivity index (χ1n) is 10.3. The third kappa shape index (κ3) is 4.52. The molecule has 0 amide bonds. The molecule has 0 saturated carbocycles. The van der Waals surface area contributed by atoms with Crippen LogP contribution in [-0.2, 0) is 9.84 Å². The molecule has 0 N–H and O–H groups in total. The van der Waals surface area contributed by atoms with Gasteiger partial charge in [0, 0.05) is 5.56 Å². The summed E-state index contributed by atoms with van der Waals surface area (Å²) in [6.45, 7) is 1.78. The Morgan fingerprint density at radius 1 is 0.677 bits per heavy atom. The summed E-state index contributed by atoms with van der Waals surface area (Å²) in [6, 6.07) is 36.5. The van der Waals surface area contributed by atoms with Crippen molar-refractivity contribution in [3.63, 3.8) is 0 Å². The van der Waals surface area contributed by atoms with Gasteiger partial charge in [0.2, 0.25) is 0 Å². The molecule has 4 aromatic carbocycles. The molecular formula is C28H24O2S. The van der Waals surface area contributed by atoms with E-state index >= 15 is 0 Å². The topological polar surface area (TPSA) is 34.1 Å². The van der Waals surface area contributed by atoms with E-state index in [0.717, 1.165) is 27.8 Å². The molecule has 0 spiro atoms. The van der Waals surface area contributed by atoms with Gasteiger partial charge >= 0.3 is 0 Å². The Morgan fingerprint density at radius 2 is 1.19 bits per heavy atom. The quantitative estimate of drug-likeness (QED) is 0.321. The van der Waals surface area contributed by atoms with Crippen molar-refractivity contribution in [2.24, 2.45) is 0 Å². The van der Waals surface area contributed by atoms with E-state index in [2.05, 4.69) is 0 Å². The van der Waals surface area contributed by atoms with Gasteiger partial charge in [-0.25, -0.2) is 8.42 Å². The molecule has 0 radical (unpaired) electrons. The van der Waals surface area contributed by atoms with Gasteiger partial charge in [-0.1, -0.05) is 109 Å². The maximum Gasteiger partial charge on any atom is 0.185 e. The van der Waals surface area contributed by atoms with Crippen LogP contribution in [0.3, 0.4) is 0 Å². The van der Waals surface area contributed by atoms with Crippen molar-refractivity contribution in [3.05, 3.63) is 126 Å². The lowest BCUT2D eigenvalue weighted by Crippen LogP contribution is -2.20. The minimum Gasteiger partial charge on any atom is -0.223 e. The molecule has 2 nitrogen and oxygen atoms in total. The summed E-state index contributed by atoms with van der Waals surface area (Å²) in [7, 11) is -3.65. The Kier molecular flexibility index (Phi) is 6.15. The van der Waals surface area contributed by atoms with Crippen molar-refractivity contribution in [1.29, 1.82) is 0 Å². The first-order valence-corrected chi connectivity index (χ1v) is 11.8. The zero-order chi connectivity index (χ0) is 21.7. The molecule has 1 unspecified atom stereocenters. The summed E-state index contributed by atoms with van der Waals surface area (Å²) in [6.07, 6.45) is 1.97. The Hall–Kier alpha value is -3.43. The van der Waals surface area contributed by atoms with Gasteiger partial charge in [0.25, 0.3) is 0 Å². The minimum absolute atomic E-state index is 0.351. The van der Waals surface area contributed by atoms with E-state index < -0.39 is 15.1 Å². The Balaban J connectivity index is 1.85. The predicted octanol–water partition coefficient (Wildman–Crippen LogP) is 6.76. The van der Waals surface area contributed by atoms with Gasteiger partial charge < -0.3 is 0 Å². The normalized spacial score (nSPS) is 13.0. The van der Waals surface area contributed by atoms with Crippen molar-refractivity contribution in [2.45, 2.75) is 17.1 Å². The molecule has 1 atom stereocenters. The Bertz CT molecular complexity index is 1280. The van der Waals surface area contributed by atoms with Gasteiger partial charge in [0.1, 0.15) is 0 Å². The lowest BCUT2D eigenvalue weighted by atomic mass is 10.0. The second kappa shape index (κ2) is 9.15. The fourth-order valence-corrected chi connectivity index (χ4v) is 5.40. The van der Waals surface area contributed by atoms with Crippen molar-refractivity contribution in [3.8, 4) is 11.1 Å². The van der Waals surface area contributed by atoms with E-state index in [1.807, 2.05) is 109 Å². The monoisotopic (exact) mass is 424 g/mol. The first-order chi connectivity index (χ1) is 15.1. The van der Waals surface area contributed by atoms with Gasteiger partial charge in [0.05, 0.1) is 10.1 Å². The molecule has 0 bridgehead atoms. The number of sulfone groups is 1. The average molecular weight is 425 g/mol. The summed E-state index contributed by atoms with van der Waals surface area (Å²) in [5.41, 5.74) is 4.26. The van der Waals surface area contributed by atoms with Gasteiger partial charge in [0.15, 0.2) is 9.84 Å². The first kappa shape index (κ1) is 20.8.